The molecule has 0 aliphatic carbocycles. The van der Waals surface area contributed by atoms with E-state index in [1.807, 2.05) is 0 Å². The first-order valence-electron chi connectivity index (χ1n) is 0.471. The van der Waals surface area contributed by atoms with Crippen LogP contribution in [0.15, 0.2) is 0 Å². The minimum absolute atomic E-state index is 0. The summed E-state index contributed by atoms with van der Waals surface area (Å²) in [6.45, 7) is 0. The average molecular weight is 237 g/mol. The van der Waals surface area contributed by atoms with Gasteiger partial charge in [0.2, 0.25) is 0 Å². The van der Waals surface area contributed by atoms with Crippen LogP contribution in [0.4, 0.5) is 0 Å². The Bertz CT molecular complexity index is 6.85. The SMILES string of the molecule is [SH-].[S]=[Ga].[S]=[Ga]. The Morgan fingerprint density at radius 2 is 0.800 bits per heavy atom. The van der Waals surface area contributed by atoms with Gasteiger partial charge in [0, 0.05) is 0 Å². The van der Waals surface area contributed by atoms with Crippen molar-refractivity contribution in [1.29, 1.82) is 0 Å². The van der Waals surface area contributed by atoms with Crippen molar-refractivity contribution in [1.82, 2.24) is 0 Å². The molecule has 0 saturated carbocycles. The van der Waals surface area contributed by atoms with E-state index in [-0.39, 0.29) is 13.5 Å². The average Bonchev–Trinajstić information content (AvgIpc) is 1.50. The van der Waals surface area contributed by atoms with Gasteiger partial charge in [0.1, 0.15) is 0 Å². The number of thiol groups is 1. The number of hydrogen-bond donors (Lipinski definition) is 0. The first kappa shape index (κ1) is 15.7. The summed E-state index contributed by atoms with van der Waals surface area (Å²) in [6, 6.07) is 0. The molecule has 0 aromatic rings. The van der Waals surface area contributed by atoms with Crippen LogP contribution in [0.25, 0.3) is 0 Å². The fourth-order valence-corrected chi connectivity index (χ4v) is 0. The van der Waals surface area contributed by atoms with Crippen LogP contribution in [-0.4, -0.2) is 33.7 Å². The van der Waals surface area contributed by atoms with E-state index in [2.05, 4.69) is 20.1 Å². The third-order valence-electron chi connectivity index (χ3n) is 0. The summed E-state index contributed by atoms with van der Waals surface area (Å²) < 4.78 is 0. The molecule has 0 nitrogen and oxygen atoms in total. The molecule has 0 rings (SSSR count). The molecule has 0 heterocycles. The van der Waals surface area contributed by atoms with Crippen molar-refractivity contribution in [2.45, 2.75) is 0 Å². The zero-order chi connectivity index (χ0) is 4.00. The predicted octanol–water partition coefficient (Wildman–Crippen LogP) is 0.265. The van der Waals surface area contributed by atoms with Gasteiger partial charge >= 0.3 is 53.8 Å². The summed E-state index contributed by atoms with van der Waals surface area (Å²) in [5.74, 6) is 0. The maximum absolute atomic E-state index is 4.15. The van der Waals surface area contributed by atoms with Gasteiger partial charge in [-0.25, -0.2) is 0 Å². The van der Waals surface area contributed by atoms with Crippen molar-refractivity contribution < 1.29 is 0 Å². The van der Waals surface area contributed by atoms with E-state index in [0.717, 1.165) is 0 Å². The second-order valence-corrected chi connectivity index (χ2v) is 0. The summed E-state index contributed by atoms with van der Waals surface area (Å²) in [5, 5.41) is 0. The molecule has 0 amide bonds. The van der Waals surface area contributed by atoms with Crippen molar-refractivity contribution in [2.24, 2.45) is 0 Å². The van der Waals surface area contributed by atoms with E-state index in [1.165, 1.54) is 33.7 Å². The summed E-state index contributed by atoms with van der Waals surface area (Å²) in [6.07, 6.45) is 0. The monoisotopic (exact) mass is 235 g/mol. The van der Waals surface area contributed by atoms with Crippen molar-refractivity contribution in [3.8, 4) is 0 Å². The van der Waals surface area contributed by atoms with Gasteiger partial charge in [-0.1, -0.05) is 0 Å². The first-order chi connectivity index (χ1) is 2.00. The van der Waals surface area contributed by atoms with Crippen LogP contribution in [0.2, 0.25) is 0 Å². The van der Waals surface area contributed by atoms with Crippen molar-refractivity contribution in [3.05, 3.63) is 0 Å². The fraction of sp³-hybridized carbons (Fsp3) is 0. The van der Waals surface area contributed by atoms with Gasteiger partial charge in [0.05, 0.1) is 0 Å². The Morgan fingerprint density at radius 1 is 0.800 bits per heavy atom. The number of hydrogen-bond acceptors (Lipinski definition) is 3. The molecule has 0 aromatic heterocycles. The molecule has 0 unspecified atom stereocenters. The molecule has 0 aliphatic rings. The molecular weight excluding hydrogens is 236 g/mol. The Labute approximate surface area is 66.5 Å². The van der Waals surface area contributed by atoms with Gasteiger partial charge in [-0.15, -0.1) is 0 Å². The molecule has 0 aliphatic heterocycles. The van der Waals surface area contributed by atoms with Crippen LogP contribution in [0.5, 0.6) is 0 Å². The summed E-state index contributed by atoms with van der Waals surface area (Å²) in [5.41, 5.74) is 0. The molecular formula is HGa2S3-. The molecule has 5 heteroatoms. The van der Waals surface area contributed by atoms with Crippen LogP contribution in [0.1, 0.15) is 0 Å². The van der Waals surface area contributed by atoms with E-state index < -0.39 is 0 Å². The summed E-state index contributed by atoms with van der Waals surface area (Å²) in [4.78, 5) is 0. The standard InChI is InChI=1S/2Ga.H2S.2S/h;;1H2;;/p-1. The van der Waals surface area contributed by atoms with Gasteiger partial charge < -0.3 is 13.5 Å². The third kappa shape index (κ3) is 23.5. The Kier molecular flexibility index (Phi) is 115. The van der Waals surface area contributed by atoms with E-state index >= 15 is 0 Å². The van der Waals surface area contributed by atoms with Crippen molar-refractivity contribution in [3.63, 3.8) is 0 Å². The van der Waals surface area contributed by atoms with Crippen LogP contribution in [-0.2, 0) is 13.5 Å². The van der Waals surface area contributed by atoms with Crippen molar-refractivity contribution in [2.75, 3.05) is 0 Å². The Balaban J connectivity index is -0.0000000133. The molecule has 0 N–H and O–H groups in total. The van der Waals surface area contributed by atoms with Gasteiger partial charge in [0.15, 0.2) is 0 Å². The summed E-state index contributed by atoms with van der Waals surface area (Å²) >= 11 is 2.54. The van der Waals surface area contributed by atoms with Crippen molar-refractivity contribution >= 4 is 67.3 Å². The minimum atomic E-state index is 0. The Hall–Kier alpha value is 2.06. The van der Waals surface area contributed by atoms with Gasteiger partial charge in [-0.3, -0.25) is 0 Å². The zero-order valence-electron chi connectivity index (χ0n) is 2.42. The topological polar surface area (TPSA) is 0 Å². The summed E-state index contributed by atoms with van der Waals surface area (Å²) in [7, 11) is 8.29. The molecule has 0 fully saturated rings. The molecule has 0 bridgehead atoms. The van der Waals surface area contributed by atoms with Crippen LogP contribution < -0.4 is 0 Å². The maximum atomic E-state index is 4.15. The Morgan fingerprint density at radius 3 is 0.800 bits per heavy atom. The second kappa shape index (κ2) is 36.5. The van der Waals surface area contributed by atoms with E-state index in [0.29, 0.717) is 0 Å². The van der Waals surface area contributed by atoms with E-state index in [9.17, 15) is 0 Å². The molecule has 0 spiro atoms. The van der Waals surface area contributed by atoms with Crippen LogP contribution in [0, 0.1) is 0 Å². The fourth-order valence-electron chi connectivity index (χ4n) is 0. The molecule has 0 saturated heterocycles. The van der Waals surface area contributed by atoms with Gasteiger partial charge in [0.25, 0.3) is 0 Å². The normalized spacial score (nSPS) is 1.20. The van der Waals surface area contributed by atoms with Crippen LogP contribution >= 0.6 is 20.1 Å². The molecule has 0 atom stereocenters. The zero-order valence-corrected chi connectivity index (χ0v) is 9.79. The molecule has 0 aromatic carbocycles. The van der Waals surface area contributed by atoms with Crippen LogP contribution in [0.3, 0.4) is 0 Å². The van der Waals surface area contributed by atoms with Gasteiger partial charge in [-0.2, -0.15) is 0 Å². The van der Waals surface area contributed by atoms with E-state index in [1.54, 1.807) is 0 Å². The second-order valence-electron chi connectivity index (χ2n) is 0. The predicted molar refractivity (Wildman–Crippen MR) is 35.5 cm³/mol. The van der Waals surface area contributed by atoms with Gasteiger partial charge in [-0.05, 0) is 0 Å². The quantitative estimate of drug-likeness (QED) is 0.337. The molecule has 5 heavy (non-hydrogen) atoms. The third-order valence-corrected chi connectivity index (χ3v) is 0. The molecule has 2 radical (unpaired) electrons. The molecule has 26 valence electrons. The number of rotatable bonds is 0. The first-order valence-corrected chi connectivity index (χ1v) is 7.35. The van der Waals surface area contributed by atoms with E-state index in [4.69, 9.17) is 0 Å².